The van der Waals surface area contributed by atoms with Gasteiger partial charge in [0, 0.05) is 12.8 Å². The fourth-order valence-corrected chi connectivity index (χ4v) is 1.01. The highest BCUT2D eigenvalue weighted by Crippen LogP contribution is 2.06. The molecule has 0 aromatic rings. The van der Waals surface area contributed by atoms with Crippen LogP contribution in [0.5, 0.6) is 0 Å². The molecular formula is C9H14F2O2. The summed E-state index contributed by atoms with van der Waals surface area (Å²) in [6.07, 6.45) is 2.81. The van der Waals surface area contributed by atoms with Crippen LogP contribution in [0.1, 0.15) is 38.5 Å². The Kier molecular flexibility index (Phi) is 7.35. The van der Waals surface area contributed by atoms with Gasteiger partial charge in [-0.15, -0.1) is 0 Å². The van der Waals surface area contributed by atoms with Gasteiger partial charge >= 0.3 is 6.04 Å². The Morgan fingerprint density at radius 3 is 1.92 bits per heavy atom. The van der Waals surface area contributed by atoms with Crippen LogP contribution in [0.2, 0.25) is 0 Å². The lowest BCUT2D eigenvalue weighted by molar-refractivity contribution is -0.129. The Labute approximate surface area is 76.3 Å². The van der Waals surface area contributed by atoms with Crippen molar-refractivity contribution in [3.05, 3.63) is 0 Å². The van der Waals surface area contributed by atoms with Crippen molar-refractivity contribution in [1.82, 2.24) is 0 Å². The van der Waals surface area contributed by atoms with E-state index in [1.807, 2.05) is 0 Å². The van der Waals surface area contributed by atoms with Crippen molar-refractivity contribution in [2.45, 2.75) is 38.5 Å². The molecule has 76 valence electrons. The highest BCUT2D eigenvalue weighted by atomic mass is 19.1. The lowest BCUT2D eigenvalue weighted by atomic mass is 10.1. The Hall–Kier alpha value is -0.800. The largest absolute Gasteiger partial charge is 0.301 e. The van der Waals surface area contributed by atoms with Gasteiger partial charge in [0.15, 0.2) is 5.78 Å². The molecule has 0 N–H and O–H groups in total. The van der Waals surface area contributed by atoms with E-state index in [2.05, 4.69) is 0 Å². The maximum absolute atomic E-state index is 11.7. The number of carbonyl (C=O) groups is 2. The molecule has 0 aliphatic rings. The zero-order valence-electron chi connectivity index (χ0n) is 7.52. The normalized spacial score (nSPS) is 10.0. The van der Waals surface area contributed by atoms with E-state index in [9.17, 15) is 18.4 Å². The zero-order chi connectivity index (χ0) is 10.1. The molecule has 0 aromatic heterocycles. The van der Waals surface area contributed by atoms with Gasteiger partial charge in [0.25, 0.3) is 0 Å². The van der Waals surface area contributed by atoms with Crippen LogP contribution in [-0.4, -0.2) is 18.5 Å². The van der Waals surface area contributed by atoms with Crippen LogP contribution < -0.4 is 0 Å². The van der Waals surface area contributed by atoms with E-state index in [4.69, 9.17) is 0 Å². The number of rotatable bonds is 8. The summed E-state index contributed by atoms with van der Waals surface area (Å²) in [6.45, 7) is -0.900. The molecule has 0 spiro atoms. The van der Waals surface area contributed by atoms with E-state index in [0.717, 1.165) is 12.8 Å². The smallest absolute Gasteiger partial charge is 0.297 e. The molecule has 0 aliphatic heterocycles. The van der Waals surface area contributed by atoms with Gasteiger partial charge in [-0.2, -0.15) is 4.39 Å². The monoisotopic (exact) mass is 192 g/mol. The molecule has 0 saturated carbocycles. The number of carbonyl (C=O) groups excluding carboxylic acids is 2. The summed E-state index contributed by atoms with van der Waals surface area (Å²) >= 11 is 0. The predicted molar refractivity (Wildman–Crippen MR) is 44.8 cm³/mol. The molecule has 0 bridgehead atoms. The minimum Gasteiger partial charge on any atom is -0.297 e. The maximum Gasteiger partial charge on any atom is 0.301 e. The number of ketones is 1. The van der Waals surface area contributed by atoms with Crippen molar-refractivity contribution in [2.75, 3.05) is 6.67 Å². The topological polar surface area (TPSA) is 34.1 Å². The summed E-state index contributed by atoms with van der Waals surface area (Å²) in [7, 11) is 0. The molecular weight excluding hydrogens is 178 g/mol. The van der Waals surface area contributed by atoms with Crippen molar-refractivity contribution in [3.63, 3.8) is 0 Å². The molecule has 0 atom stereocenters. The molecule has 4 heteroatoms. The third-order valence-electron chi connectivity index (χ3n) is 1.73. The van der Waals surface area contributed by atoms with Gasteiger partial charge in [0.05, 0.1) is 0 Å². The first-order chi connectivity index (χ1) is 6.16. The third kappa shape index (κ3) is 9.11. The van der Waals surface area contributed by atoms with E-state index >= 15 is 0 Å². The van der Waals surface area contributed by atoms with Gasteiger partial charge in [-0.05, 0) is 12.8 Å². The predicted octanol–water partition coefficient (Wildman–Crippen LogP) is 2.36. The quantitative estimate of drug-likeness (QED) is 0.437. The van der Waals surface area contributed by atoms with Crippen molar-refractivity contribution >= 4 is 11.8 Å². The first-order valence-electron chi connectivity index (χ1n) is 4.43. The second-order valence-electron chi connectivity index (χ2n) is 2.94. The Morgan fingerprint density at radius 2 is 1.46 bits per heavy atom. The van der Waals surface area contributed by atoms with Gasteiger partial charge in [-0.3, -0.25) is 9.59 Å². The number of halogens is 2. The summed E-state index contributed by atoms with van der Waals surface area (Å²) in [4.78, 5) is 20.3. The molecule has 0 aromatic carbocycles. The number of hydrogen-bond acceptors (Lipinski definition) is 2. The number of unbranched alkanes of at least 4 members (excludes halogenated alkanes) is 3. The van der Waals surface area contributed by atoms with Crippen molar-refractivity contribution in [1.29, 1.82) is 0 Å². The molecule has 0 aliphatic carbocycles. The first kappa shape index (κ1) is 12.2. The summed E-state index contributed by atoms with van der Waals surface area (Å²) in [6, 6.07) is -1.29. The SMILES string of the molecule is O=C(F)CCCCCCC(=O)CF. The Bertz CT molecular complexity index is 169. The van der Waals surface area contributed by atoms with Gasteiger partial charge < -0.3 is 0 Å². The molecule has 0 fully saturated rings. The highest BCUT2D eigenvalue weighted by molar-refractivity contribution is 5.79. The van der Waals surface area contributed by atoms with Crippen LogP contribution in [0, 0.1) is 0 Å². The fourth-order valence-electron chi connectivity index (χ4n) is 1.01. The molecule has 0 amide bonds. The van der Waals surface area contributed by atoms with Crippen molar-refractivity contribution < 1.29 is 18.4 Å². The first-order valence-corrected chi connectivity index (χ1v) is 4.43. The Balaban J connectivity index is 3.08. The van der Waals surface area contributed by atoms with Crippen LogP contribution >= 0.6 is 0 Å². The van der Waals surface area contributed by atoms with E-state index in [1.54, 1.807) is 0 Å². The summed E-state index contributed by atoms with van der Waals surface area (Å²) in [5.41, 5.74) is 0. The van der Waals surface area contributed by atoms with Gasteiger partial charge in [-0.1, -0.05) is 12.8 Å². The second-order valence-corrected chi connectivity index (χ2v) is 2.94. The minimum absolute atomic E-state index is 0.0446. The minimum atomic E-state index is -1.29. The van der Waals surface area contributed by atoms with Crippen molar-refractivity contribution in [2.24, 2.45) is 0 Å². The molecule has 13 heavy (non-hydrogen) atoms. The summed E-state index contributed by atoms with van der Waals surface area (Å²) in [5, 5.41) is 0. The molecule has 0 heterocycles. The van der Waals surface area contributed by atoms with Crippen LogP contribution in [0.15, 0.2) is 0 Å². The molecule has 0 radical (unpaired) electrons. The van der Waals surface area contributed by atoms with Crippen LogP contribution in [0.25, 0.3) is 0 Å². The lowest BCUT2D eigenvalue weighted by Gasteiger charge is -1.97. The van der Waals surface area contributed by atoms with E-state index < -0.39 is 12.7 Å². The lowest BCUT2D eigenvalue weighted by Crippen LogP contribution is -1.99. The van der Waals surface area contributed by atoms with E-state index in [0.29, 0.717) is 12.8 Å². The van der Waals surface area contributed by atoms with E-state index in [1.165, 1.54) is 0 Å². The fraction of sp³-hybridized carbons (Fsp3) is 0.778. The molecule has 2 nitrogen and oxygen atoms in total. The average molecular weight is 192 g/mol. The average Bonchev–Trinajstić information content (AvgIpc) is 2.10. The second kappa shape index (κ2) is 7.83. The Morgan fingerprint density at radius 1 is 0.923 bits per heavy atom. The zero-order valence-corrected chi connectivity index (χ0v) is 7.52. The summed E-state index contributed by atoms with van der Waals surface area (Å²) < 4.78 is 23.3. The third-order valence-corrected chi connectivity index (χ3v) is 1.73. The molecule has 0 rings (SSSR count). The number of alkyl halides is 1. The number of Topliss-reactive ketones (excluding diaryl/α,β-unsaturated/α-hetero) is 1. The van der Waals surface area contributed by atoms with Gasteiger partial charge in [0.1, 0.15) is 6.67 Å². The highest BCUT2D eigenvalue weighted by Gasteiger charge is 2.00. The van der Waals surface area contributed by atoms with Crippen LogP contribution in [-0.2, 0) is 9.59 Å². The van der Waals surface area contributed by atoms with Crippen LogP contribution in [0.4, 0.5) is 8.78 Å². The molecule has 0 saturated heterocycles. The van der Waals surface area contributed by atoms with Gasteiger partial charge in [0.2, 0.25) is 0 Å². The van der Waals surface area contributed by atoms with Crippen molar-refractivity contribution in [3.8, 4) is 0 Å². The van der Waals surface area contributed by atoms with E-state index in [-0.39, 0.29) is 18.6 Å². The van der Waals surface area contributed by atoms with Gasteiger partial charge in [-0.25, -0.2) is 4.39 Å². The van der Waals surface area contributed by atoms with Crippen LogP contribution in [0.3, 0.4) is 0 Å². The summed E-state index contributed by atoms with van der Waals surface area (Å²) in [5.74, 6) is -0.387. The molecule has 0 unspecified atom stereocenters. The standard InChI is InChI=1S/C9H14F2O2/c10-7-8(12)5-3-1-2-4-6-9(11)13/h1-7H2. The number of hydrogen-bond donors (Lipinski definition) is 0. The maximum atomic E-state index is 11.7.